The molecule has 0 radical (unpaired) electrons. The van der Waals surface area contributed by atoms with Crippen molar-refractivity contribution in [3.8, 4) is 45.9 Å². The van der Waals surface area contributed by atoms with E-state index in [0.29, 0.717) is 5.95 Å². The van der Waals surface area contributed by atoms with Crippen LogP contribution in [0.2, 0.25) is 0 Å². The SMILES string of the molecule is CCOC(=O)c1cn(-c2ncc3c(n2)-c2ccc(OC)cc2CC3)nc1N.COc1ccc2c(c1)CCc1cnc(-n3cc(C(=O)O)c(N)n3)nc1-2. The zero-order valence-electron chi connectivity index (χ0n) is 28.5. The average Bonchev–Trinajstić information content (AvgIpc) is 3.76. The number of fused-ring (bicyclic) bond motifs is 6. The molecule has 2 aromatic carbocycles. The van der Waals surface area contributed by atoms with Crippen LogP contribution in [-0.2, 0) is 30.4 Å². The van der Waals surface area contributed by atoms with Gasteiger partial charge in [-0.15, -0.1) is 10.2 Å². The number of carboxylic acids is 1. The van der Waals surface area contributed by atoms with Crippen molar-refractivity contribution in [2.75, 3.05) is 32.3 Å². The second kappa shape index (κ2) is 13.8. The summed E-state index contributed by atoms with van der Waals surface area (Å²) in [7, 11) is 3.29. The van der Waals surface area contributed by atoms with Crippen molar-refractivity contribution in [3.63, 3.8) is 0 Å². The highest BCUT2D eigenvalue weighted by Crippen LogP contribution is 2.35. The third-order valence-corrected chi connectivity index (χ3v) is 8.79. The molecule has 0 spiro atoms. The minimum absolute atomic E-state index is 0.0704. The van der Waals surface area contributed by atoms with Crippen molar-refractivity contribution in [1.29, 1.82) is 0 Å². The number of aromatic nitrogens is 8. The van der Waals surface area contributed by atoms with Gasteiger partial charge >= 0.3 is 11.9 Å². The Morgan fingerprint density at radius 3 is 1.63 bits per heavy atom. The van der Waals surface area contributed by atoms with Crippen LogP contribution in [0, 0.1) is 0 Å². The maximum atomic E-state index is 12.0. The van der Waals surface area contributed by atoms with Crippen LogP contribution < -0.4 is 20.9 Å². The van der Waals surface area contributed by atoms with Crippen LogP contribution in [0.5, 0.6) is 11.5 Å². The number of aromatic carboxylic acids is 1. The molecule has 264 valence electrons. The number of nitrogens with zero attached hydrogens (tertiary/aromatic N) is 8. The number of aryl methyl sites for hydroxylation is 4. The van der Waals surface area contributed by atoms with E-state index in [1.807, 2.05) is 36.4 Å². The van der Waals surface area contributed by atoms with Gasteiger partial charge in [0.15, 0.2) is 11.6 Å². The Kier molecular flexibility index (Phi) is 8.94. The summed E-state index contributed by atoms with van der Waals surface area (Å²) in [6.07, 6.45) is 9.84. The number of hydrogen-bond acceptors (Lipinski definition) is 13. The number of carboxylic acid groups (broad SMARTS) is 1. The summed E-state index contributed by atoms with van der Waals surface area (Å²) in [5.41, 5.74) is 19.8. The van der Waals surface area contributed by atoms with Crippen LogP contribution in [0.3, 0.4) is 0 Å². The molecule has 5 N–H and O–H groups in total. The van der Waals surface area contributed by atoms with Crippen LogP contribution in [0.25, 0.3) is 34.4 Å². The largest absolute Gasteiger partial charge is 0.497 e. The Morgan fingerprint density at radius 2 is 1.19 bits per heavy atom. The lowest BCUT2D eigenvalue weighted by Gasteiger charge is -2.19. The lowest BCUT2D eigenvalue weighted by molar-refractivity contribution is 0.0527. The van der Waals surface area contributed by atoms with Gasteiger partial charge in [-0.2, -0.15) is 0 Å². The zero-order valence-corrected chi connectivity index (χ0v) is 28.5. The summed E-state index contributed by atoms with van der Waals surface area (Å²) in [5, 5.41) is 17.3. The second-order valence-electron chi connectivity index (χ2n) is 11.9. The molecule has 0 aliphatic heterocycles. The van der Waals surface area contributed by atoms with Crippen LogP contribution in [-0.4, -0.2) is 77.4 Å². The number of nitrogens with two attached hydrogens (primary N) is 2. The Bertz CT molecular complexity index is 2350. The van der Waals surface area contributed by atoms with Gasteiger partial charge in [-0.25, -0.2) is 38.9 Å². The van der Waals surface area contributed by atoms with E-state index in [4.69, 9.17) is 30.8 Å². The molecule has 52 heavy (non-hydrogen) atoms. The number of carbonyl (C=O) groups excluding carboxylic acids is 1. The number of methoxy groups -OCH3 is 2. The molecule has 16 heteroatoms. The topological polar surface area (TPSA) is 221 Å². The Morgan fingerprint density at radius 1 is 0.731 bits per heavy atom. The molecule has 0 bridgehead atoms. The summed E-state index contributed by atoms with van der Waals surface area (Å²) in [6.45, 7) is 2.00. The van der Waals surface area contributed by atoms with Crippen molar-refractivity contribution in [1.82, 2.24) is 39.5 Å². The first kappa shape index (κ1) is 33.6. The summed E-state index contributed by atoms with van der Waals surface area (Å²) >= 11 is 0. The highest BCUT2D eigenvalue weighted by atomic mass is 16.5. The van der Waals surface area contributed by atoms with Crippen molar-refractivity contribution in [3.05, 3.63) is 94.6 Å². The Labute approximate surface area is 297 Å². The van der Waals surface area contributed by atoms with Gasteiger partial charge in [-0.1, -0.05) is 0 Å². The maximum Gasteiger partial charge on any atom is 0.343 e. The minimum Gasteiger partial charge on any atom is -0.497 e. The van der Waals surface area contributed by atoms with E-state index in [9.17, 15) is 9.59 Å². The molecular weight excluding hydrogens is 668 g/mol. The number of esters is 1. The molecular formula is C36H34N10O6. The molecule has 0 atom stereocenters. The number of carbonyl (C=O) groups is 2. The van der Waals surface area contributed by atoms with E-state index < -0.39 is 11.9 Å². The fourth-order valence-corrected chi connectivity index (χ4v) is 6.17. The zero-order chi connectivity index (χ0) is 36.5. The fourth-order valence-electron chi connectivity index (χ4n) is 6.17. The predicted octanol–water partition coefficient (Wildman–Crippen LogP) is 3.91. The molecule has 4 aromatic heterocycles. The second-order valence-corrected chi connectivity index (χ2v) is 11.9. The minimum atomic E-state index is -1.14. The highest BCUT2D eigenvalue weighted by molar-refractivity contribution is 5.94. The van der Waals surface area contributed by atoms with E-state index in [2.05, 4.69) is 30.1 Å². The average molecular weight is 703 g/mol. The van der Waals surface area contributed by atoms with Gasteiger partial charge in [0.1, 0.15) is 22.6 Å². The van der Waals surface area contributed by atoms with Gasteiger partial charge < -0.3 is 30.8 Å². The Hall–Kier alpha value is -6.84. The van der Waals surface area contributed by atoms with Crippen molar-refractivity contribution in [2.24, 2.45) is 0 Å². The quantitative estimate of drug-likeness (QED) is 0.201. The monoisotopic (exact) mass is 702 g/mol. The van der Waals surface area contributed by atoms with Crippen LogP contribution in [0.1, 0.15) is 49.9 Å². The molecule has 0 saturated carbocycles. The normalized spacial score (nSPS) is 12.3. The van der Waals surface area contributed by atoms with Crippen molar-refractivity contribution < 1.29 is 28.9 Å². The molecule has 8 rings (SSSR count). The lowest BCUT2D eigenvalue weighted by atomic mass is 9.90. The molecule has 16 nitrogen and oxygen atoms in total. The van der Waals surface area contributed by atoms with E-state index in [-0.39, 0.29) is 35.3 Å². The predicted molar refractivity (Wildman–Crippen MR) is 189 cm³/mol. The molecule has 0 amide bonds. The van der Waals surface area contributed by atoms with E-state index in [1.165, 1.54) is 27.3 Å². The maximum absolute atomic E-state index is 12.0. The molecule has 4 heterocycles. The first-order chi connectivity index (χ1) is 25.2. The number of anilines is 2. The van der Waals surface area contributed by atoms with E-state index in [1.54, 1.807) is 33.5 Å². The lowest BCUT2D eigenvalue weighted by Crippen LogP contribution is -2.10. The van der Waals surface area contributed by atoms with Gasteiger partial charge in [-0.3, -0.25) is 0 Å². The number of nitrogen functional groups attached to an aromatic ring is 2. The van der Waals surface area contributed by atoms with Gasteiger partial charge in [0, 0.05) is 23.5 Å². The standard InChI is InChI=1S/C19H19N5O3.C17H15N5O3/c1-3-27-18(25)15-10-24(23-17(15)20)19-21-9-12-5-4-11-8-13(26-2)6-7-14(11)16(12)22-19;1-25-11-4-5-12-9(6-11)2-3-10-7-19-17(20-14(10)12)22-8-13(16(23)24)15(18)21-22/h6-10H,3-5H2,1-2H3,(H2,20,23);4-8H,2-3H2,1H3,(H2,18,21)(H,23,24). The van der Waals surface area contributed by atoms with Crippen molar-refractivity contribution in [2.45, 2.75) is 32.6 Å². The third kappa shape index (κ3) is 6.32. The summed E-state index contributed by atoms with van der Waals surface area (Å²) in [4.78, 5) is 41.1. The molecule has 0 unspecified atom stereocenters. The summed E-state index contributed by atoms with van der Waals surface area (Å²) in [6, 6.07) is 11.8. The van der Waals surface area contributed by atoms with Gasteiger partial charge in [-0.05, 0) is 91.3 Å². The van der Waals surface area contributed by atoms with E-state index >= 15 is 0 Å². The van der Waals surface area contributed by atoms with Crippen molar-refractivity contribution >= 4 is 23.6 Å². The molecule has 6 aromatic rings. The summed E-state index contributed by atoms with van der Waals surface area (Å²) in [5.74, 6) is 0.615. The summed E-state index contributed by atoms with van der Waals surface area (Å²) < 4.78 is 18.3. The molecule has 2 aliphatic rings. The van der Waals surface area contributed by atoms with Crippen LogP contribution >= 0.6 is 0 Å². The first-order valence-electron chi connectivity index (χ1n) is 16.3. The number of benzene rings is 2. The fraction of sp³-hybridized carbons (Fsp3) is 0.222. The van der Waals surface area contributed by atoms with Crippen LogP contribution in [0.4, 0.5) is 11.6 Å². The van der Waals surface area contributed by atoms with Gasteiger partial charge in [0.05, 0.1) is 44.6 Å². The smallest absolute Gasteiger partial charge is 0.343 e. The molecule has 0 saturated heterocycles. The Balaban J connectivity index is 0.000000162. The van der Waals surface area contributed by atoms with Crippen LogP contribution in [0.15, 0.2) is 61.2 Å². The van der Waals surface area contributed by atoms with E-state index in [0.717, 1.165) is 76.4 Å². The first-order valence-corrected chi connectivity index (χ1v) is 16.3. The third-order valence-electron chi connectivity index (χ3n) is 8.79. The molecule has 2 aliphatic carbocycles. The highest BCUT2D eigenvalue weighted by Gasteiger charge is 2.23. The number of hydrogen-bond donors (Lipinski definition) is 3. The number of rotatable bonds is 7. The van der Waals surface area contributed by atoms with Gasteiger partial charge in [0.25, 0.3) is 11.9 Å². The molecule has 0 fully saturated rings. The number of ether oxygens (including phenoxy) is 3. The van der Waals surface area contributed by atoms with Gasteiger partial charge in [0.2, 0.25) is 0 Å².